The quantitative estimate of drug-likeness (QED) is 0.660. The first kappa shape index (κ1) is 15.8. The molecule has 1 aromatic rings. The Kier molecular flexibility index (Phi) is 5.19. The molecule has 0 bridgehead atoms. The molecular weight excluding hydrogens is 308 g/mol. The van der Waals surface area contributed by atoms with E-state index in [1.807, 2.05) is 0 Å². The Hall–Kier alpha value is -1.28. The zero-order valence-electron chi connectivity index (χ0n) is 9.55. The van der Waals surface area contributed by atoms with Crippen molar-refractivity contribution in [1.29, 1.82) is 0 Å². The van der Waals surface area contributed by atoms with Gasteiger partial charge in [0.05, 0.1) is 0 Å². The maximum atomic E-state index is 11.9. The number of nitrogens with one attached hydrogen (secondary N) is 2. The lowest BCUT2D eigenvalue weighted by atomic mass is 10.3. The summed E-state index contributed by atoms with van der Waals surface area (Å²) in [4.78, 5) is 18.7. The van der Waals surface area contributed by atoms with Crippen molar-refractivity contribution in [3.63, 3.8) is 0 Å². The highest BCUT2D eigenvalue weighted by molar-refractivity contribution is 6.32. The van der Waals surface area contributed by atoms with Crippen LogP contribution >= 0.6 is 23.2 Å². The normalized spacial score (nSPS) is 12.9. The van der Waals surface area contributed by atoms with E-state index in [1.165, 1.54) is 13.0 Å². The number of carbonyl (C=O) groups excluding carboxylic acids is 1. The van der Waals surface area contributed by atoms with Gasteiger partial charge in [-0.3, -0.25) is 4.79 Å². The Morgan fingerprint density at radius 3 is 2.58 bits per heavy atom. The summed E-state index contributed by atoms with van der Waals surface area (Å²) in [5.41, 5.74) is 0. The smallest absolute Gasteiger partial charge is 0.358 e. The Morgan fingerprint density at radius 2 is 2.05 bits per heavy atom. The van der Waals surface area contributed by atoms with Crippen LogP contribution in [0.1, 0.15) is 6.92 Å². The number of nitrogens with zero attached hydrogens (tertiary/aromatic N) is 2. The molecule has 1 amide bonds. The molecule has 0 aliphatic heterocycles. The summed E-state index contributed by atoms with van der Waals surface area (Å²) in [5, 5.41) is 4.20. The fraction of sp³-hybridized carbons (Fsp3) is 0.444. The Bertz CT molecular complexity index is 449. The van der Waals surface area contributed by atoms with Crippen molar-refractivity contribution >= 4 is 34.9 Å². The topological polar surface area (TPSA) is 66.9 Å². The second-order valence-electron chi connectivity index (χ2n) is 3.54. The highest BCUT2D eigenvalue weighted by Gasteiger charge is 2.28. The predicted octanol–water partition coefficient (Wildman–Crippen LogP) is 2.26. The molecule has 0 saturated carbocycles. The standard InChI is InChI=1S/C9H9Cl2F3N4O/c1-4(7(19)15-3-9(12,13)14)16-6-2-5(10)17-8(11)18-6/h2,4H,3H2,1H3,(H,15,19)(H,16,17,18)/t4-/m0/s1. The van der Waals surface area contributed by atoms with Gasteiger partial charge in [0.25, 0.3) is 0 Å². The monoisotopic (exact) mass is 316 g/mol. The summed E-state index contributed by atoms with van der Waals surface area (Å²) in [6.07, 6.45) is -4.46. The van der Waals surface area contributed by atoms with Gasteiger partial charge in [-0.1, -0.05) is 11.6 Å². The van der Waals surface area contributed by atoms with Crippen LogP contribution in [0.3, 0.4) is 0 Å². The number of alkyl halides is 3. The van der Waals surface area contributed by atoms with Gasteiger partial charge >= 0.3 is 6.18 Å². The van der Waals surface area contributed by atoms with Crippen LogP contribution in [0.15, 0.2) is 6.07 Å². The van der Waals surface area contributed by atoms with Crippen molar-refractivity contribution in [2.24, 2.45) is 0 Å². The molecule has 0 aliphatic carbocycles. The summed E-state index contributed by atoms with van der Waals surface area (Å²) < 4.78 is 35.8. The van der Waals surface area contributed by atoms with Crippen molar-refractivity contribution in [2.75, 3.05) is 11.9 Å². The third kappa shape index (κ3) is 5.93. The van der Waals surface area contributed by atoms with Gasteiger partial charge in [0.2, 0.25) is 11.2 Å². The number of aromatic nitrogens is 2. The van der Waals surface area contributed by atoms with Crippen LogP contribution in [0.25, 0.3) is 0 Å². The summed E-state index contributed by atoms with van der Waals surface area (Å²) in [7, 11) is 0. The molecule has 0 radical (unpaired) electrons. The number of halogens is 5. The molecule has 0 fully saturated rings. The minimum atomic E-state index is -4.46. The van der Waals surface area contributed by atoms with Crippen molar-refractivity contribution in [3.05, 3.63) is 16.5 Å². The number of carbonyl (C=O) groups is 1. The van der Waals surface area contributed by atoms with Gasteiger partial charge in [-0.2, -0.15) is 13.2 Å². The largest absolute Gasteiger partial charge is 0.405 e. The van der Waals surface area contributed by atoms with E-state index in [1.54, 1.807) is 5.32 Å². The van der Waals surface area contributed by atoms with Crippen LogP contribution in [0.4, 0.5) is 19.0 Å². The third-order valence-corrected chi connectivity index (χ3v) is 2.25. The average Bonchev–Trinajstić information content (AvgIpc) is 2.23. The average molecular weight is 317 g/mol. The van der Waals surface area contributed by atoms with Crippen molar-refractivity contribution in [3.8, 4) is 0 Å². The molecule has 1 rings (SSSR count). The van der Waals surface area contributed by atoms with E-state index in [2.05, 4.69) is 15.3 Å². The predicted molar refractivity (Wildman–Crippen MR) is 64.2 cm³/mol. The summed E-state index contributed by atoms with van der Waals surface area (Å²) in [5.74, 6) is -0.692. The van der Waals surface area contributed by atoms with Gasteiger partial charge in [0.15, 0.2) is 0 Å². The molecule has 0 spiro atoms. The summed E-state index contributed by atoms with van der Waals surface area (Å²) in [6.45, 7) is -0.0290. The van der Waals surface area contributed by atoms with E-state index in [-0.39, 0.29) is 16.3 Å². The van der Waals surface area contributed by atoms with Crippen LogP contribution in [-0.2, 0) is 4.79 Å². The molecule has 5 nitrogen and oxygen atoms in total. The molecule has 19 heavy (non-hydrogen) atoms. The second-order valence-corrected chi connectivity index (χ2v) is 4.27. The molecule has 1 atom stereocenters. The first-order valence-electron chi connectivity index (χ1n) is 4.98. The fourth-order valence-electron chi connectivity index (χ4n) is 1.09. The minimum absolute atomic E-state index is 0.0467. The van der Waals surface area contributed by atoms with Crippen molar-refractivity contribution in [2.45, 2.75) is 19.1 Å². The van der Waals surface area contributed by atoms with Gasteiger partial charge in [-0.15, -0.1) is 0 Å². The van der Waals surface area contributed by atoms with Crippen LogP contribution in [-0.4, -0.2) is 34.6 Å². The number of amides is 1. The van der Waals surface area contributed by atoms with Gasteiger partial charge in [0.1, 0.15) is 23.6 Å². The van der Waals surface area contributed by atoms with Gasteiger partial charge in [0, 0.05) is 6.07 Å². The molecule has 1 heterocycles. The van der Waals surface area contributed by atoms with Gasteiger partial charge in [-0.05, 0) is 18.5 Å². The van der Waals surface area contributed by atoms with Crippen molar-refractivity contribution in [1.82, 2.24) is 15.3 Å². The van der Waals surface area contributed by atoms with E-state index in [0.29, 0.717) is 0 Å². The van der Waals surface area contributed by atoms with Gasteiger partial charge < -0.3 is 10.6 Å². The van der Waals surface area contributed by atoms with Crippen LogP contribution in [0, 0.1) is 0 Å². The maximum Gasteiger partial charge on any atom is 0.405 e. The lowest BCUT2D eigenvalue weighted by molar-refractivity contribution is -0.138. The molecule has 2 N–H and O–H groups in total. The highest BCUT2D eigenvalue weighted by Crippen LogP contribution is 2.15. The maximum absolute atomic E-state index is 11.9. The molecule has 0 aromatic carbocycles. The van der Waals surface area contributed by atoms with E-state index in [4.69, 9.17) is 23.2 Å². The highest BCUT2D eigenvalue weighted by atomic mass is 35.5. The Morgan fingerprint density at radius 1 is 1.42 bits per heavy atom. The van der Waals surface area contributed by atoms with E-state index < -0.39 is 24.7 Å². The van der Waals surface area contributed by atoms with E-state index >= 15 is 0 Å². The molecule has 10 heteroatoms. The third-order valence-electron chi connectivity index (χ3n) is 1.89. The summed E-state index contributed by atoms with van der Waals surface area (Å²) in [6, 6.07) is 0.352. The molecule has 0 unspecified atom stereocenters. The molecule has 0 saturated heterocycles. The first-order valence-corrected chi connectivity index (χ1v) is 5.74. The SMILES string of the molecule is C[C@H](Nc1cc(Cl)nc(Cl)n1)C(=O)NCC(F)(F)F. The number of rotatable bonds is 4. The fourth-order valence-corrected chi connectivity index (χ4v) is 1.50. The van der Waals surface area contributed by atoms with Crippen molar-refractivity contribution < 1.29 is 18.0 Å². The first-order chi connectivity index (χ1) is 8.67. The summed E-state index contributed by atoms with van der Waals surface area (Å²) >= 11 is 11.1. The molecule has 0 aliphatic rings. The lowest BCUT2D eigenvalue weighted by Crippen LogP contribution is -2.42. The Balaban J connectivity index is 2.58. The van der Waals surface area contributed by atoms with Crippen LogP contribution < -0.4 is 10.6 Å². The Labute approximate surface area is 116 Å². The van der Waals surface area contributed by atoms with Crippen LogP contribution in [0.2, 0.25) is 10.4 Å². The molecular formula is C9H9Cl2F3N4O. The number of hydrogen-bond acceptors (Lipinski definition) is 4. The zero-order chi connectivity index (χ0) is 14.6. The number of hydrogen-bond donors (Lipinski definition) is 2. The van der Waals surface area contributed by atoms with Crippen LogP contribution in [0.5, 0.6) is 0 Å². The zero-order valence-corrected chi connectivity index (χ0v) is 11.1. The number of anilines is 1. The lowest BCUT2D eigenvalue weighted by Gasteiger charge is -2.15. The second kappa shape index (κ2) is 6.25. The van der Waals surface area contributed by atoms with Gasteiger partial charge in [-0.25, -0.2) is 9.97 Å². The van der Waals surface area contributed by atoms with E-state index in [9.17, 15) is 18.0 Å². The molecule has 106 valence electrons. The van der Waals surface area contributed by atoms with E-state index in [0.717, 1.165) is 0 Å². The molecule has 1 aromatic heterocycles. The minimum Gasteiger partial charge on any atom is -0.358 e.